The number of hydroxylamine groups is 1. The zero-order chi connectivity index (χ0) is 20.0. The maximum absolute atomic E-state index is 10.8. The van der Waals surface area contributed by atoms with E-state index in [-0.39, 0.29) is 5.96 Å². The van der Waals surface area contributed by atoms with Crippen LogP contribution in [0, 0.1) is 10.1 Å². The van der Waals surface area contributed by atoms with Crippen LogP contribution in [0.2, 0.25) is 10.0 Å². The summed E-state index contributed by atoms with van der Waals surface area (Å²) in [7, 11) is 0. The average molecular weight is 473 g/mol. The van der Waals surface area contributed by atoms with Crippen LogP contribution in [0.1, 0.15) is 0 Å². The monoisotopic (exact) mass is 470 g/mol. The van der Waals surface area contributed by atoms with E-state index >= 15 is 0 Å². The predicted octanol–water partition coefficient (Wildman–Crippen LogP) is 5.59. The Labute approximate surface area is 179 Å². The summed E-state index contributed by atoms with van der Waals surface area (Å²) in [4.78, 5) is 19.1. The molecule has 0 saturated heterocycles. The standard InChI is InChI=1S/C15H11Cl5N4O3/c16-9-1-5-11(6-2-9)21-14(22-12-7-3-10(17)4-8-12)23-27-13(18)15(19,20)24(25)26/h1-8,13H,(H2,21,22,23). The van der Waals surface area contributed by atoms with Crippen LogP contribution in [0.25, 0.3) is 0 Å². The average Bonchev–Trinajstić information content (AvgIpc) is 2.63. The fourth-order valence-electron chi connectivity index (χ4n) is 1.65. The van der Waals surface area contributed by atoms with Crippen molar-refractivity contribution in [3.63, 3.8) is 0 Å². The van der Waals surface area contributed by atoms with E-state index in [1.54, 1.807) is 48.5 Å². The van der Waals surface area contributed by atoms with Crippen LogP contribution in [-0.2, 0) is 4.84 Å². The third kappa shape index (κ3) is 6.57. The van der Waals surface area contributed by atoms with E-state index in [1.165, 1.54) is 0 Å². The number of aliphatic imine (C=N–C) groups is 1. The van der Waals surface area contributed by atoms with Gasteiger partial charge in [0.1, 0.15) is 0 Å². The van der Waals surface area contributed by atoms with Crippen LogP contribution >= 0.6 is 58.0 Å². The topological polar surface area (TPSA) is 88.8 Å². The summed E-state index contributed by atoms with van der Waals surface area (Å²) < 4.78 is -2.57. The molecule has 144 valence electrons. The molecule has 0 amide bonds. The number of nitro groups is 1. The van der Waals surface area contributed by atoms with Crippen LogP contribution in [0.4, 0.5) is 11.4 Å². The fourth-order valence-corrected chi connectivity index (χ4v) is 2.12. The van der Waals surface area contributed by atoms with Crippen LogP contribution in [0.5, 0.6) is 0 Å². The van der Waals surface area contributed by atoms with Gasteiger partial charge in [-0.25, -0.2) is 15.3 Å². The van der Waals surface area contributed by atoms with Crippen molar-refractivity contribution in [1.29, 1.82) is 0 Å². The SMILES string of the molecule is O=[N+]([O-])C(Cl)(Cl)C(Cl)ONC(=Nc1ccc(Cl)cc1)Nc1ccc(Cl)cc1. The molecule has 0 aliphatic heterocycles. The number of nitrogens with zero attached hydrogens (tertiary/aromatic N) is 2. The van der Waals surface area contributed by atoms with Crippen molar-refractivity contribution in [3.05, 3.63) is 68.7 Å². The molecular weight excluding hydrogens is 461 g/mol. The molecular formula is C15H11Cl5N4O3. The van der Waals surface area contributed by atoms with Crippen molar-refractivity contribution in [2.75, 3.05) is 5.32 Å². The summed E-state index contributed by atoms with van der Waals surface area (Å²) in [6.45, 7) is 0. The molecule has 2 aromatic carbocycles. The van der Waals surface area contributed by atoms with E-state index in [0.717, 1.165) is 0 Å². The Morgan fingerprint density at radius 3 is 2.11 bits per heavy atom. The zero-order valence-electron chi connectivity index (χ0n) is 13.2. The molecule has 12 heteroatoms. The minimum absolute atomic E-state index is 0.0535. The van der Waals surface area contributed by atoms with Crippen LogP contribution < -0.4 is 10.8 Å². The second-order valence-corrected chi connectivity index (χ2v) is 7.56. The largest absolute Gasteiger partial charge is 0.412 e. The molecule has 2 rings (SSSR count). The molecule has 0 radical (unpaired) electrons. The summed E-state index contributed by atoms with van der Waals surface area (Å²) in [6.07, 6.45) is 0. The Morgan fingerprint density at radius 1 is 1.07 bits per heavy atom. The van der Waals surface area contributed by atoms with Crippen molar-refractivity contribution in [1.82, 2.24) is 5.48 Å². The normalized spacial score (nSPS) is 13.1. The summed E-state index contributed by atoms with van der Waals surface area (Å²) in [6, 6.07) is 13.3. The second kappa shape index (κ2) is 9.64. The van der Waals surface area contributed by atoms with Gasteiger partial charge < -0.3 is 5.32 Å². The van der Waals surface area contributed by atoms with Crippen molar-refractivity contribution in [2.24, 2.45) is 4.99 Å². The Bertz CT molecular complexity index is 815. The highest BCUT2D eigenvalue weighted by molar-refractivity contribution is 6.50. The van der Waals surface area contributed by atoms with Gasteiger partial charge in [0.15, 0.2) is 0 Å². The van der Waals surface area contributed by atoms with Gasteiger partial charge >= 0.3 is 4.46 Å². The van der Waals surface area contributed by atoms with Gasteiger partial charge in [0.05, 0.1) is 10.6 Å². The van der Waals surface area contributed by atoms with Gasteiger partial charge in [-0.2, -0.15) is 0 Å². The number of hydrogen-bond acceptors (Lipinski definition) is 4. The number of anilines is 1. The third-order valence-corrected chi connectivity index (χ3v) is 4.75. The Hall–Kier alpha value is -1.48. The summed E-state index contributed by atoms with van der Waals surface area (Å²) >= 11 is 28.5. The lowest BCUT2D eigenvalue weighted by Crippen LogP contribution is -2.43. The molecule has 0 aromatic heterocycles. The molecule has 0 spiro atoms. The Balaban J connectivity index is 2.19. The highest BCUT2D eigenvalue weighted by Crippen LogP contribution is 2.30. The van der Waals surface area contributed by atoms with Crippen molar-refractivity contribution in [3.8, 4) is 0 Å². The van der Waals surface area contributed by atoms with Crippen molar-refractivity contribution in [2.45, 2.75) is 10.0 Å². The van der Waals surface area contributed by atoms with Crippen LogP contribution in [0.3, 0.4) is 0 Å². The number of halogens is 5. The first-order chi connectivity index (χ1) is 12.7. The number of rotatable bonds is 6. The summed E-state index contributed by atoms with van der Waals surface area (Å²) in [5, 5.41) is 14.8. The molecule has 2 N–H and O–H groups in total. The van der Waals surface area contributed by atoms with E-state index in [9.17, 15) is 10.1 Å². The molecule has 2 aromatic rings. The first kappa shape index (κ1) is 21.8. The molecule has 0 aliphatic rings. The molecule has 1 unspecified atom stereocenters. The number of alkyl halides is 3. The number of benzene rings is 2. The van der Waals surface area contributed by atoms with E-state index in [0.29, 0.717) is 21.4 Å². The van der Waals surface area contributed by atoms with Crippen LogP contribution in [-0.4, -0.2) is 20.9 Å². The minimum atomic E-state index is -2.57. The first-order valence-corrected chi connectivity index (χ1v) is 9.08. The van der Waals surface area contributed by atoms with E-state index < -0.39 is 14.9 Å². The van der Waals surface area contributed by atoms with Gasteiger partial charge in [0.2, 0.25) is 5.96 Å². The molecule has 0 heterocycles. The quantitative estimate of drug-likeness (QED) is 0.143. The lowest BCUT2D eigenvalue weighted by atomic mass is 10.3. The van der Waals surface area contributed by atoms with E-state index in [4.69, 9.17) is 62.8 Å². The number of hydrogen-bond donors (Lipinski definition) is 2. The molecule has 1 atom stereocenters. The molecule has 7 nitrogen and oxygen atoms in total. The molecule has 0 saturated carbocycles. The van der Waals surface area contributed by atoms with Gasteiger partial charge in [0.25, 0.3) is 5.56 Å². The Kier molecular flexibility index (Phi) is 7.79. The van der Waals surface area contributed by atoms with Gasteiger partial charge in [-0.1, -0.05) is 34.8 Å². The second-order valence-electron chi connectivity index (χ2n) is 4.95. The van der Waals surface area contributed by atoms with Gasteiger partial charge in [0, 0.05) is 15.7 Å². The third-order valence-electron chi connectivity index (χ3n) is 2.95. The molecule has 0 fully saturated rings. The van der Waals surface area contributed by atoms with Gasteiger partial charge in [-0.15, -0.1) is 0 Å². The highest BCUT2D eigenvalue weighted by Gasteiger charge is 2.48. The van der Waals surface area contributed by atoms with Gasteiger partial charge in [-0.3, -0.25) is 10.1 Å². The minimum Gasteiger partial charge on any atom is -0.324 e. The Morgan fingerprint density at radius 2 is 1.59 bits per heavy atom. The van der Waals surface area contributed by atoms with Crippen molar-refractivity contribution >= 4 is 75.3 Å². The predicted molar refractivity (Wildman–Crippen MR) is 109 cm³/mol. The van der Waals surface area contributed by atoms with Crippen LogP contribution in [0.15, 0.2) is 53.5 Å². The molecule has 0 aliphatic carbocycles. The summed E-state index contributed by atoms with van der Waals surface area (Å²) in [5.74, 6) is 0.0535. The maximum atomic E-state index is 10.8. The highest BCUT2D eigenvalue weighted by atomic mass is 35.5. The van der Waals surface area contributed by atoms with Crippen molar-refractivity contribution < 1.29 is 9.76 Å². The first-order valence-electron chi connectivity index (χ1n) is 7.13. The lowest BCUT2D eigenvalue weighted by Gasteiger charge is -2.19. The fraction of sp³-hybridized carbons (Fsp3) is 0.133. The number of guanidine groups is 1. The lowest BCUT2D eigenvalue weighted by molar-refractivity contribution is -0.524. The zero-order valence-corrected chi connectivity index (χ0v) is 17.0. The molecule has 27 heavy (non-hydrogen) atoms. The van der Waals surface area contributed by atoms with E-state index in [2.05, 4.69) is 15.8 Å². The smallest absolute Gasteiger partial charge is 0.324 e. The van der Waals surface area contributed by atoms with Gasteiger partial charge in [-0.05, 0) is 71.7 Å². The molecule has 0 bridgehead atoms. The maximum Gasteiger partial charge on any atom is 0.412 e. The number of nitrogens with one attached hydrogen (secondary N) is 2. The summed E-state index contributed by atoms with van der Waals surface area (Å²) in [5.41, 5.74) is 1.76. The van der Waals surface area contributed by atoms with E-state index in [1.807, 2.05) is 0 Å².